The van der Waals surface area contributed by atoms with Gasteiger partial charge in [-0.05, 0) is 26.0 Å². The summed E-state index contributed by atoms with van der Waals surface area (Å²) >= 11 is 3.28. The number of aryl methyl sites for hydroxylation is 1. The molecule has 0 saturated heterocycles. The number of rotatable bonds is 6. The molecule has 0 amide bonds. The smallest absolute Gasteiger partial charge is 0.212 e. The molecule has 96 valence electrons. The highest BCUT2D eigenvalue weighted by molar-refractivity contribution is 9.09. The molecule has 0 aliphatic carbocycles. The highest BCUT2D eigenvalue weighted by Gasteiger charge is 2.23. The molecule has 0 aliphatic heterocycles. The van der Waals surface area contributed by atoms with Gasteiger partial charge in [0.05, 0.1) is 5.75 Å². The first-order valence-corrected chi connectivity index (χ1v) is 8.09. The summed E-state index contributed by atoms with van der Waals surface area (Å²) in [4.78, 5) is 4.10. The number of hydrogen-bond acceptors (Lipinski definition) is 3. The van der Waals surface area contributed by atoms with Crippen LogP contribution < -0.4 is 4.72 Å². The van der Waals surface area contributed by atoms with Crippen LogP contribution in [0, 0.1) is 0 Å². The van der Waals surface area contributed by atoms with Crippen LogP contribution in [-0.2, 0) is 16.4 Å². The minimum absolute atomic E-state index is 0.0560. The molecule has 4 nitrogen and oxygen atoms in total. The second-order valence-electron chi connectivity index (χ2n) is 4.51. The summed E-state index contributed by atoms with van der Waals surface area (Å²) in [5.74, 6) is 0.0560. The molecule has 0 spiro atoms. The van der Waals surface area contributed by atoms with Gasteiger partial charge in [0.15, 0.2) is 0 Å². The van der Waals surface area contributed by atoms with Crippen LogP contribution >= 0.6 is 15.9 Å². The van der Waals surface area contributed by atoms with E-state index in [0.717, 1.165) is 5.69 Å². The van der Waals surface area contributed by atoms with Crippen LogP contribution in [0.2, 0.25) is 0 Å². The number of sulfonamides is 1. The number of hydrogen-bond donors (Lipinski definition) is 1. The molecular formula is C11H17BrN2O2S. The predicted molar refractivity (Wildman–Crippen MR) is 72.7 cm³/mol. The monoisotopic (exact) mass is 320 g/mol. The average Bonchev–Trinajstić information content (AvgIpc) is 2.27. The first kappa shape index (κ1) is 14.6. The third-order valence-electron chi connectivity index (χ3n) is 2.12. The molecule has 0 unspecified atom stereocenters. The molecule has 17 heavy (non-hydrogen) atoms. The maximum absolute atomic E-state index is 11.8. The van der Waals surface area contributed by atoms with Gasteiger partial charge in [0.25, 0.3) is 0 Å². The molecule has 0 bridgehead atoms. The molecular weight excluding hydrogens is 304 g/mol. The Bertz CT molecular complexity index is 446. The second kappa shape index (κ2) is 5.93. The summed E-state index contributed by atoms with van der Waals surface area (Å²) in [6.07, 6.45) is 2.09. The van der Waals surface area contributed by atoms with Crippen LogP contribution in [-0.4, -0.2) is 30.0 Å². The van der Waals surface area contributed by atoms with Gasteiger partial charge >= 0.3 is 0 Å². The Hall–Kier alpha value is -0.460. The van der Waals surface area contributed by atoms with Gasteiger partial charge in [0.1, 0.15) is 0 Å². The maximum atomic E-state index is 11.8. The molecule has 1 aromatic rings. The van der Waals surface area contributed by atoms with Crippen molar-refractivity contribution in [3.05, 3.63) is 30.1 Å². The fourth-order valence-corrected chi connectivity index (χ4v) is 3.10. The molecule has 1 heterocycles. The number of alkyl halides is 1. The summed E-state index contributed by atoms with van der Waals surface area (Å²) in [5, 5.41) is 0.572. The van der Waals surface area contributed by atoms with Crippen LogP contribution in [0.25, 0.3) is 0 Å². The number of nitrogens with one attached hydrogen (secondary N) is 1. The summed E-state index contributed by atoms with van der Waals surface area (Å²) in [5.41, 5.74) is 0.317. The van der Waals surface area contributed by atoms with Gasteiger partial charge in [0, 0.05) is 29.2 Å². The van der Waals surface area contributed by atoms with Crippen molar-refractivity contribution in [1.29, 1.82) is 0 Å². The molecule has 0 atom stereocenters. The molecule has 0 saturated carbocycles. The van der Waals surface area contributed by atoms with E-state index in [4.69, 9.17) is 0 Å². The Balaban J connectivity index is 2.57. The molecule has 0 aliphatic rings. The van der Waals surface area contributed by atoms with Crippen molar-refractivity contribution in [1.82, 2.24) is 9.71 Å². The lowest BCUT2D eigenvalue weighted by atomic mass is 10.1. The molecule has 0 aromatic carbocycles. The first-order valence-electron chi connectivity index (χ1n) is 5.32. The van der Waals surface area contributed by atoms with E-state index < -0.39 is 15.6 Å². The van der Waals surface area contributed by atoms with E-state index in [9.17, 15) is 8.42 Å². The molecule has 0 fully saturated rings. The zero-order valence-electron chi connectivity index (χ0n) is 9.98. The lowest BCUT2D eigenvalue weighted by Gasteiger charge is -2.23. The van der Waals surface area contributed by atoms with Crippen molar-refractivity contribution in [2.45, 2.75) is 25.8 Å². The number of nitrogens with zero attached hydrogens (tertiary/aromatic N) is 1. The molecule has 1 aromatic heterocycles. The van der Waals surface area contributed by atoms with Crippen molar-refractivity contribution in [2.75, 3.05) is 11.1 Å². The fourth-order valence-electron chi connectivity index (χ4n) is 1.28. The zero-order chi connectivity index (χ0) is 12.9. The van der Waals surface area contributed by atoms with Gasteiger partial charge in [-0.3, -0.25) is 4.98 Å². The van der Waals surface area contributed by atoms with E-state index >= 15 is 0 Å². The number of halogens is 1. The zero-order valence-corrected chi connectivity index (χ0v) is 12.4. The quantitative estimate of drug-likeness (QED) is 0.812. The summed E-state index contributed by atoms with van der Waals surface area (Å²) in [7, 11) is -3.27. The van der Waals surface area contributed by atoms with Crippen molar-refractivity contribution < 1.29 is 8.42 Å². The number of pyridine rings is 1. The minimum Gasteiger partial charge on any atom is -0.261 e. The van der Waals surface area contributed by atoms with E-state index in [1.165, 1.54) is 0 Å². The predicted octanol–water partition coefficient (Wildman–Crippen LogP) is 1.72. The highest BCUT2D eigenvalue weighted by atomic mass is 79.9. The van der Waals surface area contributed by atoms with Gasteiger partial charge in [-0.2, -0.15) is 0 Å². The lowest BCUT2D eigenvalue weighted by Crippen LogP contribution is -2.45. The Morgan fingerprint density at radius 3 is 2.65 bits per heavy atom. The fraction of sp³-hybridized carbons (Fsp3) is 0.545. The Kier molecular flexibility index (Phi) is 5.09. The highest BCUT2D eigenvalue weighted by Crippen LogP contribution is 2.09. The van der Waals surface area contributed by atoms with Crippen molar-refractivity contribution in [3.63, 3.8) is 0 Å². The van der Waals surface area contributed by atoms with E-state index in [-0.39, 0.29) is 5.75 Å². The minimum atomic E-state index is -3.27. The van der Waals surface area contributed by atoms with E-state index in [1.54, 1.807) is 6.20 Å². The standard InChI is InChI=1S/C11H17BrN2O2S/c1-11(2,9-12)14-17(15,16)8-6-10-5-3-4-7-13-10/h3-5,7,14H,6,8-9H2,1-2H3. The molecule has 0 radical (unpaired) electrons. The van der Waals surface area contributed by atoms with Crippen LogP contribution in [0.1, 0.15) is 19.5 Å². The maximum Gasteiger partial charge on any atom is 0.212 e. The van der Waals surface area contributed by atoms with Crippen LogP contribution in [0.15, 0.2) is 24.4 Å². The molecule has 1 N–H and O–H groups in total. The Morgan fingerprint density at radius 1 is 1.41 bits per heavy atom. The second-order valence-corrected chi connectivity index (χ2v) is 6.91. The van der Waals surface area contributed by atoms with Gasteiger partial charge in [-0.25, -0.2) is 13.1 Å². The third kappa shape index (κ3) is 5.61. The van der Waals surface area contributed by atoms with Crippen molar-refractivity contribution in [2.24, 2.45) is 0 Å². The Morgan fingerprint density at radius 2 is 2.12 bits per heavy atom. The Labute approximate surface area is 111 Å². The third-order valence-corrected chi connectivity index (χ3v) is 5.13. The van der Waals surface area contributed by atoms with Crippen LogP contribution in [0.3, 0.4) is 0 Å². The van der Waals surface area contributed by atoms with Crippen LogP contribution in [0.4, 0.5) is 0 Å². The lowest BCUT2D eigenvalue weighted by molar-refractivity contribution is 0.500. The summed E-state index contributed by atoms with van der Waals surface area (Å²) in [6, 6.07) is 5.49. The van der Waals surface area contributed by atoms with Crippen molar-refractivity contribution >= 4 is 26.0 Å². The van der Waals surface area contributed by atoms with Gasteiger partial charge in [0.2, 0.25) is 10.0 Å². The van der Waals surface area contributed by atoms with E-state index in [0.29, 0.717) is 11.8 Å². The molecule has 6 heteroatoms. The van der Waals surface area contributed by atoms with Crippen molar-refractivity contribution in [3.8, 4) is 0 Å². The van der Waals surface area contributed by atoms with E-state index in [1.807, 2.05) is 32.0 Å². The largest absolute Gasteiger partial charge is 0.261 e. The molecule has 1 rings (SSSR count). The van der Waals surface area contributed by atoms with Gasteiger partial charge < -0.3 is 0 Å². The van der Waals surface area contributed by atoms with Crippen LogP contribution in [0.5, 0.6) is 0 Å². The first-order chi connectivity index (χ1) is 7.85. The summed E-state index contributed by atoms with van der Waals surface area (Å²) in [6.45, 7) is 3.67. The van der Waals surface area contributed by atoms with Gasteiger partial charge in [-0.15, -0.1) is 0 Å². The average molecular weight is 321 g/mol. The van der Waals surface area contributed by atoms with E-state index in [2.05, 4.69) is 25.6 Å². The number of aromatic nitrogens is 1. The normalized spacial score (nSPS) is 12.6. The SMILES string of the molecule is CC(C)(CBr)NS(=O)(=O)CCc1ccccn1. The topological polar surface area (TPSA) is 59.1 Å². The summed E-state index contributed by atoms with van der Waals surface area (Å²) < 4.78 is 26.3. The van der Waals surface area contributed by atoms with Gasteiger partial charge in [-0.1, -0.05) is 22.0 Å².